The molecule has 1 saturated heterocycles. The van der Waals surface area contributed by atoms with Gasteiger partial charge in [-0.05, 0) is 42.8 Å². The quantitative estimate of drug-likeness (QED) is 0.720. The van der Waals surface area contributed by atoms with E-state index in [-0.39, 0.29) is 5.56 Å². The van der Waals surface area contributed by atoms with Crippen molar-refractivity contribution in [2.24, 2.45) is 5.92 Å². The predicted octanol–water partition coefficient (Wildman–Crippen LogP) is 2.19. The first kappa shape index (κ1) is 16.1. The fourth-order valence-electron chi connectivity index (χ4n) is 3.15. The average molecular weight is 358 g/mol. The Balaban J connectivity index is 1.85. The fourth-order valence-corrected chi connectivity index (χ4v) is 3.28. The summed E-state index contributed by atoms with van der Waals surface area (Å²) in [5.41, 5.74) is -0.110. The summed E-state index contributed by atoms with van der Waals surface area (Å²) >= 11 is 5.88. The molecule has 1 atom stereocenters. The third kappa shape index (κ3) is 2.99. The zero-order valence-corrected chi connectivity index (χ0v) is 14.1. The third-order valence-electron chi connectivity index (χ3n) is 4.43. The van der Waals surface area contributed by atoms with Crippen molar-refractivity contribution in [2.75, 3.05) is 13.2 Å². The van der Waals surface area contributed by atoms with Gasteiger partial charge >= 0.3 is 5.69 Å². The Morgan fingerprint density at radius 2 is 2.00 bits per heavy atom. The summed E-state index contributed by atoms with van der Waals surface area (Å²) in [6.45, 7) is 2.11. The molecule has 4 rings (SSSR count). The first-order valence-electron chi connectivity index (χ1n) is 8.09. The lowest BCUT2D eigenvalue weighted by Gasteiger charge is -2.17. The zero-order valence-electron chi connectivity index (χ0n) is 13.4. The summed E-state index contributed by atoms with van der Waals surface area (Å²) in [5.74, 6) is 0.779. The molecular formula is C18H16ClN3O3. The van der Waals surface area contributed by atoms with Gasteiger partial charge in [-0.2, -0.15) is 4.98 Å². The lowest BCUT2D eigenvalue weighted by Crippen LogP contribution is -2.37. The highest BCUT2D eigenvalue weighted by atomic mass is 35.5. The molecule has 0 bridgehead atoms. The van der Waals surface area contributed by atoms with E-state index in [1.165, 1.54) is 0 Å². The Bertz CT molecular complexity index is 988. The molecule has 3 aliphatic heterocycles. The molecule has 3 heterocycles. The Morgan fingerprint density at radius 3 is 2.72 bits per heavy atom. The van der Waals surface area contributed by atoms with Gasteiger partial charge in [-0.3, -0.25) is 4.79 Å². The van der Waals surface area contributed by atoms with E-state index in [9.17, 15) is 9.59 Å². The molecule has 1 aromatic carbocycles. The molecule has 25 heavy (non-hydrogen) atoms. The van der Waals surface area contributed by atoms with Crippen LogP contribution in [0.5, 0.6) is 0 Å². The summed E-state index contributed by atoms with van der Waals surface area (Å²) in [4.78, 5) is 29.6. The van der Waals surface area contributed by atoms with E-state index in [0.29, 0.717) is 41.2 Å². The highest BCUT2D eigenvalue weighted by Gasteiger charge is 2.21. The maximum absolute atomic E-state index is 12.9. The van der Waals surface area contributed by atoms with E-state index < -0.39 is 5.69 Å². The van der Waals surface area contributed by atoms with Crippen molar-refractivity contribution in [1.82, 2.24) is 14.1 Å². The van der Waals surface area contributed by atoms with Crippen LogP contribution in [-0.4, -0.2) is 27.3 Å². The minimum atomic E-state index is -0.595. The maximum atomic E-state index is 12.9. The van der Waals surface area contributed by atoms with Crippen molar-refractivity contribution < 1.29 is 4.74 Å². The van der Waals surface area contributed by atoms with E-state index in [1.807, 2.05) is 10.8 Å². The van der Waals surface area contributed by atoms with Gasteiger partial charge in [-0.25, -0.2) is 9.36 Å². The highest BCUT2D eigenvalue weighted by molar-refractivity contribution is 6.30. The number of rotatable bonds is 3. The van der Waals surface area contributed by atoms with Gasteiger partial charge in [0.2, 0.25) is 0 Å². The Kier molecular flexibility index (Phi) is 4.15. The Morgan fingerprint density at radius 1 is 1.20 bits per heavy atom. The van der Waals surface area contributed by atoms with Crippen molar-refractivity contribution in [2.45, 2.75) is 13.0 Å². The molecule has 7 heteroatoms. The molecule has 0 spiro atoms. The number of benzene rings is 1. The van der Waals surface area contributed by atoms with Gasteiger partial charge in [0.05, 0.1) is 17.9 Å². The van der Waals surface area contributed by atoms with Crippen LogP contribution in [0.15, 0.2) is 52.2 Å². The number of halogens is 1. The van der Waals surface area contributed by atoms with E-state index in [2.05, 4.69) is 4.98 Å². The molecule has 0 aliphatic carbocycles. The largest absolute Gasteiger partial charge is 0.381 e. The van der Waals surface area contributed by atoms with E-state index in [4.69, 9.17) is 16.3 Å². The molecule has 3 aliphatic rings. The van der Waals surface area contributed by atoms with Crippen molar-refractivity contribution in [3.05, 3.63) is 68.5 Å². The molecule has 0 radical (unpaired) electrons. The van der Waals surface area contributed by atoms with Gasteiger partial charge in [0.15, 0.2) is 5.82 Å². The van der Waals surface area contributed by atoms with E-state index >= 15 is 0 Å². The van der Waals surface area contributed by atoms with Crippen molar-refractivity contribution in [1.29, 1.82) is 0 Å². The summed E-state index contributed by atoms with van der Waals surface area (Å²) in [6.07, 6.45) is 2.81. The molecular weight excluding hydrogens is 342 g/mol. The first-order chi connectivity index (χ1) is 12.1. The van der Waals surface area contributed by atoms with Gasteiger partial charge in [-0.15, -0.1) is 0 Å². The smallest absolute Gasteiger partial charge is 0.357 e. The second kappa shape index (κ2) is 6.46. The lowest BCUT2D eigenvalue weighted by molar-refractivity contribution is 0.182. The van der Waals surface area contributed by atoms with Crippen LogP contribution in [-0.2, 0) is 11.3 Å². The summed E-state index contributed by atoms with van der Waals surface area (Å²) in [6, 6.07) is 10.0. The molecule has 1 fully saturated rings. The van der Waals surface area contributed by atoms with E-state index in [0.717, 1.165) is 17.6 Å². The second-order valence-corrected chi connectivity index (χ2v) is 6.58. The number of aromatic nitrogens is 3. The number of ether oxygens (including phenoxy) is 1. The summed E-state index contributed by atoms with van der Waals surface area (Å²) < 4.78 is 8.34. The van der Waals surface area contributed by atoms with Gasteiger partial charge in [0.25, 0.3) is 5.56 Å². The number of hydrogen-bond acceptors (Lipinski definition) is 4. The Hall–Kier alpha value is -2.44. The van der Waals surface area contributed by atoms with Crippen LogP contribution in [0.4, 0.5) is 0 Å². The lowest BCUT2D eigenvalue weighted by atomic mass is 10.1. The monoisotopic (exact) mass is 357 g/mol. The number of nitrogens with zero attached hydrogens (tertiary/aromatic N) is 3. The van der Waals surface area contributed by atoms with Crippen molar-refractivity contribution in [3.63, 3.8) is 0 Å². The highest BCUT2D eigenvalue weighted by Crippen LogP contribution is 2.20. The third-order valence-corrected chi connectivity index (χ3v) is 4.68. The predicted molar refractivity (Wildman–Crippen MR) is 94.7 cm³/mol. The SMILES string of the molecule is O=c1nc2n(CC3CCOC3)cccc-2c(=O)n1-c1ccc(Cl)cc1. The molecule has 1 unspecified atom stereocenters. The second-order valence-electron chi connectivity index (χ2n) is 6.14. The average Bonchev–Trinajstić information content (AvgIpc) is 3.10. The minimum absolute atomic E-state index is 0.367. The van der Waals surface area contributed by atoms with Crippen LogP contribution in [0, 0.1) is 5.92 Å². The Labute approximate surface area is 148 Å². The molecule has 6 nitrogen and oxygen atoms in total. The van der Waals surface area contributed by atoms with Crippen LogP contribution >= 0.6 is 11.6 Å². The molecule has 1 aromatic rings. The fraction of sp³-hybridized carbons (Fsp3) is 0.278. The summed E-state index contributed by atoms with van der Waals surface area (Å²) in [5, 5.41) is 0.537. The molecule has 128 valence electrons. The number of pyridine rings is 1. The standard InChI is InChI=1S/C18H16ClN3O3/c19-13-3-5-14(6-4-13)22-17(23)15-2-1-8-21(16(15)20-18(22)24)10-12-7-9-25-11-12/h1-6,8,12H,7,9-11H2. The topological polar surface area (TPSA) is 66.1 Å². The van der Waals surface area contributed by atoms with E-state index in [1.54, 1.807) is 36.4 Å². The molecule has 0 saturated carbocycles. The van der Waals surface area contributed by atoms with Gasteiger partial charge < -0.3 is 9.30 Å². The number of fused-ring (bicyclic) bond motifs is 1. The number of hydrogen-bond donors (Lipinski definition) is 0. The van der Waals surface area contributed by atoms with Gasteiger partial charge in [0, 0.05) is 30.3 Å². The van der Waals surface area contributed by atoms with Gasteiger partial charge in [0.1, 0.15) is 0 Å². The summed E-state index contributed by atoms with van der Waals surface area (Å²) in [7, 11) is 0. The van der Waals surface area contributed by atoms with Crippen molar-refractivity contribution >= 4 is 11.6 Å². The van der Waals surface area contributed by atoms with Crippen molar-refractivity contribution in [3.8, 4) is 17.1 Å². The molecule has 0 N–H and O–H groups in total. The molecule has 0 aromatic heterocycles. The first-order valence-corrected chi connectivity index (χ1v) is 8.47. The molecule has 0 amide bonds. The van der Waals surface area contributed by atoms with Crippen LogP contribution < -0.4 is 11.2 Å². The van der Waals surface area contributed by atoms with Crippen LogP contribution in [0.1, 0.15) is 6.42 Å². The minimum Gasteiger partial charge on any atom is -0.381 e. The van der Waals surface area contributed by atoms with Crippen LogP contribution in [0.2, 0.25) is 5.02 Å². The maximum Gasteiger partial charge on any atom is 0.357 e. The van der Waals surface area contributed by atoms with Gasteiger partial charge in [-0.1, -0.05) is 11.6 Å². The zero-order chi connectivity index (χ0) is 17.4. The van der Waals surface area contributed by atoms with Crippen LogP contribution in [0.25, 0.3) is 17.1 Å². The van der Waals surface area contributed by atoms with Crippen LogP contribution in [0.3, 0.4) is 0 Å². The normalized spacial score (nSPS) is 17.2.